The molecule has 0 atom stereocenters. The lowest BCUT2D eigenvalue weighted by Crippen LogP contribution is -1.85. The second kappa shape index (κ2) is 5.37. The summed E-state index contributed by atoms with van der Waals surface area (Å²) in [6.07, 6.45) is 1.65. The van der Waals surface area contributed by atoms with Gasteiger partial charge in [0, 0.05) is 11.8 Å². The number of hydrogen-bond donors (Lipinski definition) is 1. The second-order valence-electron chi connectivity index (χ2n) is 3.60. The van der Waals surface area contributed by atoms with E-state index in [2.05, 4.69) is 4.99 Å². The van der Waals surface area contributed by atoms with Gasteiger partial charge in [-0.3, -0.25) is 4.99 Å². The summed E-state index contributed by atoms with van der Waals surface area (Å²) in [6, 6.07) is 13.4. The van der Waals surface area contributed by atoms with Crippen LogP contribution in [0.2, 0.25) is 0 Å². The monoisotopic (exact) mass is 229 g/mol. The average molecular weight is 229 g/mol. The Morgan fingerprint density at radius 1 is 1.06 bits per heavy atom. The van der Waals surface area contributed by atoms with Gasteiger partial charge in [0.1, 0.15) is 5.82 Å². The number of nitrogens with zero attached hydrogens (tertiary/aromatic N) is 1. The molecule has 17 heavy (non-hydrogen) atoms. The van der Waals surface area contributed by atoms with Gasteiger partial charge in [-0.25, -0.2) is 4.39 Å². The molecule has 2 rings (SSSR count). The normalized spacial score (nSPS) is 10.9. The summed E-state index contributed by atoms with van der Waals surface area (Å²) in [5, 5.41) is 9.13. The molecule has 0 saturated heterocycles. The van der Waals surface area contributed by atoms with Crippen LogP contribution in [0.3, 0.4) is 0 Å². The van der Waals surface area contributed by atoms with Crippen molar-refractivity contribution in [2.24, 2.45) is 4.99 Å². The lowest BCUT2D eigenvalue weighted by Gasteiger charge is -2.00. The zero-order chi connectivity index (χ0) is 12.1. The molecular weight excluding hydrogens is 217 g/mol. The van der Waals surface area contributed by atoms with E-state index < -0.39 is 0 Å². The van der Waals surface area contributed by atoms with E-state index in [0.717, 1.165) is 16.8 Å². The molecule has 0 saturated carbocycles. The summed E-state index contributed by atoms with van der Waals surface area (Å²) in [4.78, 5) is 4.27. The minimum atomic E-state index is -0.266. The first kappa shape index (κ1) is 11.5. The van der Waals surface area contributed by atoms with E-state index in [4.69, 9.17) is 5.11 Å². The van der Waals surface area contributed by atoms with Crippen molar-refractivity contribution in [1.29, 1.82) is 0 Å². The van der Waals surface area contributed by atoms with Crippen molar-refractivity contribution in [3.8, 4) is 0 Å². The summed E-state index contributed by atoms with van der Waals surface area (Å²) in [5.74, 6) is -0.266. The first-order valence-electron chi connectivity index (χ1n) is 5.28. The third-order valence-electron chi connectivity index (χ3n) is 2.38. The van der Waals surface area contributed by atoms with Gasteiger partial charge >= 0.3 is 0 Å². The van der Waals surface area contributed by atoms with E-state index in [0.29, 0.717) is 0 Å². The van der Waals surface area contributed by atoms with Crippen LogP contribution < -0.4 is 0 Å². The molecule has 0 bridgehead atoms. The summed E-state index contributed by atoms with van der Waals surface area (Å²) in [6.45, 7) is -0.0447. The smallest absolute Gasteiger partial charge is 0.123 e. The second-order valence-corrected chi connectivity index (χ2v) is 3.60. The molecule has 3 heteroatoms. The minimum Gasteiger partial charge on any atom is -0.392 e. The molecule has 0 aliphatic carbocycles. The molecular formula is C14H12FNO. The molecule has 2 nitrogen and oxygen atoms in total. The van der Waals surface area contributed by atoms with Crippen LogP contribution in [0.5, 0.6) is 0 Å². The van der Waals surface area contributed by atoms with E-state index in [1.54, 1.807) is 18.3 Å². The predicted octanol–water partition coefficient (Wildman–Crippen LogP) is 3.07. The van der Waals surface area contributed by atoms with Crippen molar-refractivity contribution >= 4 is 11.9 Å². The van der Waals surface area contributed by atoms with E-state index in [-0.39, 0.29) is 12.4 Å². The fourth-order valence-corrected chi connectivity index (χ4v) is 1.46. The van der Waals surface area contributed by atoms with Crippen molar-refractivity contribution in [2.75, 3.05) is 0 Å². The molecule has 2 aromatic carbocycles. The zero-order valence-electron chi connectivity index (χ0n) is 9.18. The van der Waals surface area contributed by atoms with Crippen molar-refractivity contribution in [3.05, 3.63) is 65.5 Å². The van der Waals surface area contributed by atoms with E-state index in [1.807, 2.05) is 24.3 Å². The SMILES string of the molecule is OCc1ccccc1N=Cc1ccc(F)cc1. The Bertz CT molecular complexity index is 520. The predicted molar refractivity (Wildman–Crippen MR) is 66.0 cm³/mol. The van der Waals surface area contributed by atoms with Crippen LogP contribution in [0.4, 0.5) is 10.1 Å². The molecule has 86 valence electrons. The maximum atomic E-state index is 12.7. The van der Waals surface area contributed by atoms with Crippen LogP contribution >= 0.6 is 0 Å². The Morgan fingerprint density at radius 2 is 1.76 bits per heavy atom. The topological polar surface area (TPSA) is 32.6 Å². The Hall–Kier alpha value is -2.00. The van der Waals surface area contributed by atoms with Crippen molar-refractivity contribution in [1.82, 2.24) is 0 Å². The number of halogens is 1. The average Bonchev–Trinajstić information content (AvgIpc) is 2.38. The number of aliphatic hydroxyl groups excluding tert-OH is 1. The molecule has 0 unspecified atom stereocenters. The number of aliphatic imine (C=N–C) groups is 1. The number of hydrogen-bond acceptors (Lipinski definition) is 2. The highest BCUT2D eigenvalue weighted by Gasteiger charge is 1.97. The molecule has 0 aliphatic heterocycles. The van der Waals surface area contributed by atoms with Crippen LogP contribution in [0.1, 0.15) is 11.1 Å². The van der Waals surface area contributed by atoms with Gasteiger partial charge < -0.3 is 5.11 Å². The molecule has 1 N–H and O–H groups in total. The highest BCUT2D eigenvalue weighted by Crippen LogP contribution is 2.18. The zero-order valence-corrected chi connectivity index (χ0v) is 9.18. The van der Waals surface area contributed by atoms with Crippen molar-refractivity contribution in [2.45, 2.75) is 6.61 Å². The molecule has 0 fully saturated rings. The Kier molecular flexibility index (Phi) is 3.62. The highest BCUT2D eigenvalue weighted by atomic mass is 19.1. The number of rotatable bonds is 3. The van der Waals surface area contributed by atoms with Gasteiger partial charge in [0.15, 0.2) is 0 Å². The molecule has 0 aromatic heterocycles. The van der Waals surface area contributed by atoms with Gasteiger partial charge in [0.25, 0.3) is 0 Å². The third-order valence-corrected chi connectivity index (χ3v) is 2.38. The van der Waals surface area contributed by atoms with Gasteiger partial charge in [-0.05, 0) is 23.8 Å². The Balaban J connectivity index is 2.22. The fourth-order valence-electron chi connectivity index (χ4n) is 1.46. The van der Waals surface area contributed by atoms with Crippen LogP contribution in [0, 0.1) is 5.82 Å². The van der Waals surface area contributed by atoms with E-state index in [9.17, 15) is 4.39 Å². The third kappa shape index (κ3) is 2.98. The summed E-state index contributed by atoms with van der Waals surface area (Å²) in [5.41, 5.74) is 2.31. The number of benzene rings is 2. The van der Waals surface area contributed by atoms with Gasteiger partial charge in [-0.15, -0.1) is 0 Å². The molecule has 2 aromatic rings. The summed E-state index contributed by atoms with van der Waals surface area (Å²) < 4.78 is 12.7. The standard InChI is InChI=1S/C14H12FNO/c15-13-7-5-11(6-8-13)9-16-14-4-2-1-3-12(14)10-17/h1-9,17H,10H2. The summed E-state index contributed by atoms with van der Waals surface area (Å²) >= 11 is 0. The number of aliphatic hydroxyl groups is 1. The molecule has 0 spiro atoms. The molecule has 0 aliphatic rings. The van der Waals surface area contributed by atoms with Crippen LogP contribution in [-0.2, 0) is 6.61 Å². The van der Waals surface area contributed by atoms with E-state index in [1.165, 1.54) is 12.1 Å². The fraction of sp³-hybridized carbons (Fsp3) is 0.0714. The van der Waals surface area contributed by atoms with Crippen LogP contribution in [-0.4, -0.2) is 11.3 Å². The van der Waals surface area contributed by atoms with Gasteiger partial charge in [0.2, 0.25) is 0 Å². The van der Waals surface area contributed by atoms with Crippen molar-refractivity contribution in [3.63, 3.8) is 0 Å². The Morgan fingerprint density at radius 3 is 2.47 bits per heavy atom. The van der Waals surface area contributed by atoms with Crippen molar-refractivity contribution < 1.29 is 9.50 Å². The van der Waals surface area contributed by atoms with Crippen LogP contribution in [0.25, 0.3) is 0 Å². The quantitative estimate of drug-likeness (QED) is 0.806. The maximum absolute atomic E-state index is 12.7. The largest absolute Gasteiger partial charge is 0.392 e. The van der Waals surface area contributed by atoms with Crippen LogP contribution in [0.15, 0.2) is 53.5 Å². The Labute approximate surface area is 99.1 Å². The number of para-hydroxylation sites is 1. The van der Waals surface area contributed by atoms with E-state index >= 15 is 0 Å². The van der Waals surface area contributed by atoms with Gasteiger partial charge in [-0.2, -0.15) is 0 Å². The highest BCUT2D eigenvalue weighted by molar-refractivity contribution is 5.82. The van der Waals surface area contributed by atoms with Gasteiger partial charge in [-0.1, -0.05) is 30.3 Å². The molecule has 0 amide bonds. The lowest BCUT2D eigenvalue weighted by atomic mass is 10.2. The lowest BCUT2D eigenvalue weighted by molar-refractivity contribution is 0.282. The molecule has 0 radical (unpaired) electrons. The minimum absolute atomic E-state index is 0.0447. The first-order chi connectivity index (χ1) is 8.29. The maximum Gasteiger partial charge on any atom is 0.123 e. The first-order valence-corrected chi connectivity index (χ1v) is 5.28. The van der Waals surface area contributed by atoms with Gasteiger partial charge in [0.05, 0.1) is 12.3 Å². The molecule has 0 heterocycles. The summed E-state index contributed by atoms with van der Waals surface area (Å²) in [7, 11) is 0.